The first-order chi connectivity index (χ1) is 8.87. The molecule has 1 aromatic heterocycles. The fraction of sp³-hybridized carbons (Fsp3) is 0.545. The zero-order valence-corrected chi connectivity index (χ0v) is 12.2. The van der Waals surface area contributed by atoms with Gasteiger partial charge in [-0.25, -0.2) is 16.8 Å². The van der Waals surface area contributed by atoms with Crippen LogP contribution in [0, 0.1) is 0 Å². The van der Waals surface area contributed by atoms with Gasteiger partial charge in [-0.1, -0.05) is 6.92 Å². The summed E-state index contributed by atoms with van der Waals surface area (Å²) in [6.07, 6.45) is 3.13. The first kappa shape index (κ1) is 14.4. The van der Waals surface area contributed by atoms with E-state index in [9.17, 15) is 16.8 Å². The average Bonchev–Trinajstić information content (AvgIpc) is 2.71. The number of sulfone groups is 1. The molecule has 0 saturated carbocycles. The molecule has 2 heterocycles. The van der Waals surface area contributed by atoms with Crippen LogP contribution in [-0.2, 0) is 19.9 Å². The molecule has 1 unspecified atom stereocenters. The number of nitrogens with zero attached hydrogens (tertiary/aromatic N) is 2. The minimum absolute atomic E-state index is 0.0523. The van der Waals surface area contributed by atoms with Gasteiger partial charge in [0.2, 0.25) is 10.0 Å². The number of sulfonamides is 1. The SMILES string of the molecule is CCN(C1CCS(=O)(=O)C1)S(=O)(=O)c1cccnc1. The summed E-state index contributed by atoms with van der Waals surface area (Å²) in [6, 6.07) is 2.54. The van der Waals surface area contributed by atoms with Crippen molar-refractivity contribution in [2.45, 2.75) is 24.3 Å². The van der Waals surface area contributed by atoms with Crippen LogP contribution in [0.25, 0.3) is 0 Å². The van der Waals surface area contributed by atoms with Crippen LogP contribution in [0.3, 0.4) is 0 Å². The average molecular weight is 304 g/mol. The summed E-state index contributed by atoms with van der Waals surface area (Å²) in [5.74, 6) is -0.0446. The Labute approximate surface area is 113 Å². The molecule has 0 amide bonds. The molecule has 1 aromatic rings. The van der Waals surface area contributed by atoms with Gasteiger partial charge in [0.1, 0.15) is 4.90 Å². The van der Waals surface area contributed by atoms with Crippen molar-refractivity contribution < 1.29 is 16.8 Å². The summed E-state index contributed by atoms with van der Waals surface area (Å²) < 4.78 is 49.1. The Hall–Kier alpha value is -0.990. The zero-order chi connectivity index (χ0) is 14.1. The molecule has 0 N–H and O–H groups in total. The third-order valence-electron chi connectivity index (χ3n) is 3.17. The minimum atomic E-state index is -3.68. The van der Waals surface area contributed by atoms with E-state index in [0.29, 0.717) is 6.42 Å². The molecule has 106 valence electrons. The molecule has 0 radical (unpaired) electrons. The third kappa shape index (κ3) is 2.96. The Morgan fingerprint density at radius 3 is 2.68 bits per heavy atom. The second kappa shape index (κ2) is 5.18. The van der Waals surface area contributed by atoms with E-state index in [4.69, 9.17) is 0 Å². The highest BCUT2D eigenvalue weighted by atomic mass is 32.2. The second-order valence-electron chi connectivity index (χ2n) is 4.45. The molecule has 0 spiro atoms. The van der Waals surface area contributed by atoms with Gasteiger partial charge in [0.15, 0.2) is 9.84 Å². The fourth-order valence-corrected chi connectivity index (χ4v) is 5.71. The molecule has 1 atom stereocenters. The molecular formula is C11H16N2O4S2. The lowest BCUT2D eigenvalue weighted by atomic mass is 10.3. The van der Waals surface area contributed by atoms with Gasteiger partial charge in [0.05, 0.1) is 11.5 Å². The van der Waals surface area contributed by atoms with Crippen LogP contribution in [-0.4, -0.2) is 50.2 Å². The van der Waals surface area contributed by atoms with Crippen LogP contribution in [0.5, 0.6) is 0 Å². The van der Waals surface area contributed by atoms with E-state index in [-0.39, 0.29) is 22.9 Å². The molecule has 0 aliphatic carbocycles. The van der Waals surface area contributed by atoms with Crippen LogP contribution in [0.1, 0.15) is 13.3 Å². The molecule has 1 aliphatic rings. The summed E-state index contributed by atoms with van der Waals surface area (Å²) in [5, 5.41) is 0. The summed E-state index contributed by atoms with van der Waals surface area (Å²) in [4.78, 5) is 3.90. The minimum Gasteiger partial charge on any atom is -0.263 e. The monoisotopic (exact) mass is 304 g/mol. The van der Waals surface area contributed by atoms with Gasteiger partial charge >= 0.3 is 0 Å². The Balaban J connectivity index is 2.33. The van der Waals surface area contributed by atoms with Gasteiger partial charge in [-0.05, 0) is 18.6 Å². The van der Waals surface area contributed by atoms with Crippen molar-refractivity contribution in [3.63, 3.8) is 0 Å². The topological polar surface area (TPSA) is 84.4 Å². The normalized spacial score (nSPS) is 22.7. The third-order valence-corrected chi connectivity index (χ3v) is 6.93. The van der Waals surface area contributed by atoms with E-state index in [2.05, 4.69) is 4.98 Å². The summed E-state index contributed by atoms with van der Waals surface area (Å²) in [5.41, 5.74) is 0. The van der Waals surface area contributed by atoms with Gasteiger partial charge in [-0.15, -0.1) is 0 Å². The Morgan fingerprint density at radius 1 is 1.47 bits per heavy atom. The number of hydrogen-bond donors (Lipinski definition) is 0. The standard InChI is InChI=1S/C11H16N2O4S2/c1-2-13(10-5-7-18(14,15)9-10)19(16,17)11-4-3-6-12-8-11/h3-4,6,8,10H,2,5,7,9H2,1H3. The molecule has 1 aliphatic heterocycles. The van der Waals surface area contributed by atoms with Crippen molar-refractivity contribution in [3.8, 4) is 0 Å². The van der Waals surface area contributed by atoms with Gasteiger partial charge in [0, 0.05) is 25.0 Å². The quantitative estimate of drug-likeness (QED) is 0.797. The lowest BCUT2D eigenvalue weighted by Gasteiger charge is -2.25. The number of pyridine rings is 1. The van der Waals surface area contributed by atoms with Gasteiger partial charge in [0.25, 0.3) is 0 Å². The smallest absolute Gasteiger partial charge is 0.244 e. The highest BCUT2D eigenvalue weighted by Gasteiger charge is 2.37. The molecule has 6 nitrogen and oxygen atoms in total. The molecule has 1 fully saturated rings. The van der Waals surface area contributed by atoms with Crippen LogP contribution >= 0.6 is 0 Å². The largest absolute Gasteiger partial charge is 0.263 e. The summed E-state index contributed by atoms with van der Waals surface area (Å²) in [7, 11) is -6.79. The molecule has 19 heavy (non-hydrogen) atoms. The first-order valence-electron chi connectivity index (χ1n) is 5.99. The van der Waals surface area contributed by atoms with Gasteiger partial charge in [-0.2, -0.15) is 4.31 Å². The molecule has 1 saturated heterocycles. The van der Waals surface area contributed by atoms with E-state index in [0.717, 1.165) is 0 Å². The Morgan fingerprint density at radius 2 is 2.21 bits per heavy atom. The number of rotatable bonds is 4. The second-order valence-corrected chi connectivity index (χ2v) is 8.57. The highest BCUT2D eigenvalue weighted by Crippen LogP contribution is 2.24. The van der Waals surface area contributed by atoms with Crippen LogP contribution in [0.4, 0.5) is 0 Å². The van der Waals surface area contributed by atoms with Crippen LogP contribution < -0.4 is 0 Å². The lowest BCUT2D eigenvalue weighted by molar-refractivity contribution is 0.354. The number of aromatic nitrogens is 1. The molecular weight excluding hydrogens is 288 g/mol. The van der Waals surface area contributed by atoms with Crippen molar-refractivity contribution in [2.24, 2.45) is 0 Å². The summed E-state index contributed by atoms with van der Waals surface area (Å²) >= 11 is 0. The predicted molar refractivity (Wildman–Crippen MR) is 70.9 cm³/mol. The molecule has 0 bridgehead atoms. The van der Waals surface area contributed by atoms with Gasteiger partial charge < -0.3 is 0 Å². The van der Waals surface area contributed by atoms with Crippen molar-refractivity contribution in [2.75, 3.05) is 18.1 Å². The van der Waals surface area contributed by atoms with Crippen molar-refractivity contribution in [1.82, 2.24) is 9.29 Å². The lowest BCUT2D eigenvalue weighted by Crippen LogP contribution is -2.40. The molecule has 0 aromatic carbocycles. The predicted octanol–water partition coefficient (Wildman–Crippen LogP) is 0.279. The summed E-state index contributed by atoms with van der Waals surface area (Å²) in [6.45, 7) is 1.95. The van der Waals surface area contributed by atoms with E-state index >= 15 is 0 Å². The van der Waals surface area contributed by atoms with Crippen LogP contribution in [0.2, 0.25) is 0 Å². The molecule has 8 heteroatoms. The van der Waals surface area contributed by atoms with Crippen molar-refractivity contribution >= 4 is 19.9 Å². The van der Waals surface area contributed by atoms with Gasteiger partial charge in [-0.3, -0.25) is 4.98 Å². The Kier molecular flexibility index (Phi) is 3.93. The van der Waals surface area contributed by atoms with Crippen molar-refractivity contribution in [1.29, 1.82) is 0 Å². The van der Waals surface area contributed by atoms with E-state index in [1.165, 1.54) is 22.8 Å². The van der Waals surface area contributed by atoms with Crippen LogP contribution in [0.15, 0.2) is 29.4 Å². The van der Waals surface area contributed by atoms with E-state index in [1.807, 2.05) is 0 Å². The number of hydrogen-bond acceptors (Lipinski definition) is 5. The molecule has 2 rings (SSSR count). The Bertz CT molecular complexity index is 641. The van der Waals surface area contributed by atoms with Crippen molar-refractivity contribution in [3.05, 3.63) is 24.5 Å². The van der Waals surface area contributed by atoms with E-state index < -0.39 is 25.9 Å². The zero-order valence-electron chi connectivity index (χ0n) is 10.6. The fourth-order valence-electron chi connectivity index (χ4n) is 2.26. The van der Waals surface area contributed by atoms with E-state index in [1.54, 1.807) is 13.0 Å². The maximum Gasteiger partial charge on any atom is 0.244 e. The maximum atomic E-state index is 12.5. The highest BCUT2D eigenvalue weighted by molar-refractivity contribution is 7.92. The first-order valence-corrected chi connectivity index (χ1v) is 9.25. The maximum absolute atomic E-state index is 12.5.